The number of aromatic nitrogens is 1. The molecule has 0 fully saturated rings. The lowest BCUT2D eigenvalue weighted by Gasteiger charge is -2.05. The van der Waals surface area contributed by atoms with Gasteiger partial charge in [-0.3, -0.25) is 4.79 Å². The molecule has 0 N–H and O–H groups in total. The molecule has 1 heterocycles. The topological polar surface area (TPSA) is 86.5 Å². The maximum Gasteiger partial charge on any atom is 0.226 e. The normalized spacial score (nSPS) is 11.5. The Labute approximate surface area is 176 Å². The summed E-state index contributed by atoms with van der Waals surface area (Å²) in [4.78, 5) is 16.7. The zero-order valence-electron chi connectivity index (χ0n) is 17.6. The van der Waals surface area contributed by atoms with Gasteiger partial charge >= 0.3 is 0 Å². The molecule has 6 nitrogen and oxygen atoms in total. The van der Waals surface area contributed by atoms with E-state index in [0.717, 1.165) is 16.7 Å². The summed E-state index contributed by atoms with van der Waals surface area (Å²) in [6, 6.07) is 13.0. The van der Waals surface area contributed by atoms with Crippen LogP contribution < -0.4 is 4.74 Å². The van der Waals surface area contributed by atoms with Crippen LogP contribution in [0.4, 0.5) is 0 Å². The molecule has 2 aromatic carbocycles. The summed E-state index contributed by atoms with van der Waals surface area (Å²) in [5.41, 5.74) is 3.91. The molecule has 7 heteroatoms. The van der Waals surface area contributed by atoms with Gasteiger partial charge in [0.05, 0.1) is 18.6 Å². The Morgan fingerprint density at radius 1 is 1.07 bits per heavy atom. The van der Waals surface area contributed by atoms with E-state index in [1.165, 1.54) is 0 Å². The second-order valence-electron chi connectivity index (χ2n) is 7.50. The largest absolute Gasteiger partial charge is 0.497 e. The Bertz CT molecular complexity index is 1160. The third-order valence-corrected chi connectivity index (χ3v) is 6.10. The number of carbonyl (C=O) groups is 1. The Morgan fingerprint density at radius 3 is 2.43 bits per heavy atom. The average Bonchev–Trinajstić information content (AvgIpc) is 3.00. The summed E-state index contributed by atoms with van der Waals surface area (Å²) in [6.45, 7) is 5.56. The van der Waals surface area contributed by atoms with E-state index in [9.17, 15) is 13.2 Å². The van der Waals surface area contributed by atoms with Crippen molar-refractivity contribution in [2.75, 3.05) is 12.9 Å². The highest BCUT2D eigenvalue weighted by Crippen LogP contribution is 2.26. The predicted molar refractivity (Wildman–Crippen MR) is 115 cm³/mol. The molecule has 0 aliphatic heterocycles. The molecule has 30 heavy (non-hydrogen) atoms. The number of oxazole rings is 1. The van der Waals surface area contributed by atoms with Gasteiger partial charge in [0, 0.05) is 12.0 Å². The smallest absolute Gasteiger partial charge is 0.226 e. The third kappa shape index (κ3) is 5.57. The van der Waals surface area contributed by atoms with E-state index < -0.39 is 15.6 Å². The van der Waals surface area contributed by atoms with Gasteiger partial charge in [-0.15, -0.1) is 0 Å². The summed E-state index contributed by atoms with van der Waals surface area (Å²) in [5, 5.41) is 0. The number of aryl methyl sites for hydroxylation is 3. The molecule has 0 unspecified atom stereocenters. The number of carbonyl (C=O) groups excluding carboxylic acids is 1. The van der Waals surface area contributed by atoms with Crippen LogP contribution >= 0.6 is 0 Å². The zero-order chi connectivity index (χ0) is 21.9. The van der Waals surface area contributed by atoms with Crippen molar-refractivity contribution in [2.45, 2.75) is 32.9 Å². The van der Waals surface area contributed by atoms with Crippen molar-refractivity contribution in [3.8, 4) is 17.2 Å². The molecule has 0 aliphatic rings. The summed E-state index contributed by atoms with van der Waals surface area (Å²) in [7, 11) is -2.11. The highest BCUT2D eigenvalue weighted by atomic mass is 32.2. The maximum absolute atomic E-state index is 12.6. The maximum atomic E-state index is 12.6. The number of nitrogens with zero attached hydrogens (tertiary/aromatic N) is 1. The van der Waals surface area contributed by atoms with E-state index in [2.05, 4.69) is 4.98 Å². The lowest BCUT2D eigenvalue weighted by atomic mass is 10.0. The van der Waals surface area contributed by atoms with Crippen LogP contribution in [0.1, 0.15) is 28.1 Å². The average molecular weight is 428 g/mol. The molecular formula is C23H25NO5S. The van der Waals surface area contributed by atoms with Gasteiger partial charge in [0.25, 0.3) is 0 Å². The Balaban J connectivity index is 1.72. The van der Waals surface area contributed by atoms with Gasteiger partial charge in [-0.25, -0.2) is 13.4 Å². The molecule has 0 amide bonds. The molecule has 3 rings (SSSR count). The third-order valence-electron chi connectivity index (χ3n) is 4.63. The van der Waals surface area contributed by atoms with E-state index in [4.69, 9.17) is 9.15 Å². The minimum atomic E-state index is -3.68. The number of methoxy groups -OCH3 is 1. The van der Waals surface area contributed by atoms with Crippen LogP contribution in [0.2, 0.25) is 0 Å². The quantitative estimate of drug-likeness (QED) is 0.540. The van der Waals surface area contributed by atoms with Gasteiger partial charge in [-0.05, 0) is 44.5 Å². The molecule has 0 spiro atoms. The predicted octanol–water partition coefficient (Wildman–Crippen LogP) is 4.00. The minimum absolute atomic E-state index is 0.0919. The number of rotatable bonds is 8. The van der Waals surface area contributed by atoms with Crippen molar-refractivity contribution in [2.24, 2.45) is 0 Å². The number of ether oxygens (including phenoxy) is 1. The van der Waals surface area contributed by atoms with E-state index in [1.54, 1.807) is 38.3 Å². The van der Waals surface area contributed by atoms with E-state index >= 15 is 0 Å². The van der Waals surface area contributed by atoms with Gasteiger partial charge in [0.1, 0.15) is 17.3 Å². The fraction of sp³-hybridized carbons (Fsp3) is 0.304. The molecular weight excluding hydrogens is 402 g/mol. The molecule has 3 aromatic rings. The molecule has 0 bridgehead atoms. The van der Waals surface area contributed by atoms with E-state index in [0.29, 0.717) is 28.7 Å². The fourth-order valence-corrected chi connectivity index (χ4v) is 4.77. The summed E-state index contributed by atoms with van der Waals surface area (Å²) < 4.78 is 36.1. The monoisotopic (exact) mass is 427 g/mol. The standard InChI is InChI=1S/C23H25NO5S/c1-15-8-16(2)10-18(9-15)11-20(25)13-30(26,27)14-22-17(3)29-23(24-22)19-6-5-7-21(12-19)28-4/h5-10,12H,11,13-14H2,1-4H3. The molecule has 0 radical (unpaired) electrons. The number of benzene rings is 2. The van der Waals surface area contributed by atoms with Gasteiger partial charge in [0.2, 0.25) is 5.89 Å². The molecule has 1 aromatic heterocycles. The molecule has 0 atom stereocenters. The summed E-state index contributed by atoms with van der Waals surface area (Å²) in [5.74, 6) is 0.172. The molecule has 0 saturated carbocycles. The van der Waals surface area contributed by atoms with E-state index in [1.807, 2.05) is 32.0 Å². The van der Waals surface area contributed by atoms with Crippen molar-refractivity contribution in [1.82, 2.24) is 4.98 Å². The van der Waals surface area contributed by atoms with Gasteiger partial charge in [0.15, 0.2) is 15.6 Å². The molecule has 158 valence electrons. The van der Waals surface area contributed by atoms with Crippen molar-refractivity contribution >= 4 is 15.6 Å². The number of ketones is 1. The Morgan fingerprint density at radius 2 is 1.77 bits per heavy atom. The van der Waals surface area contributed by atoms with Gasteiger partial charge in [-0.1, -0.05) is 35.4 Å². The van der Waals surface area contributed by atoms with Crippen LogP contribution in [0.5, 0.6) is 5.75 Å². The molecule has 0 aliphatic carbocycles. The van der Waals surface area contributed by atoms with Crippen LogP contribution in [0.15, 0.2) is 46.9 Å². The highest BCUT2D eigenvalue weighted by molar-refractivity contribution is 7.91. The summed E-state index contributed by atoms with van der Waals surface area (Å²) in [6.07, 6.45) is 0.0919. The first-order valence-corrected chi connectivity index (χ1v) is 11.4. The van der Waals surface area contributed by atoms with Crippen LogP contribution in [0.25, 0.3) is 11.5 Å². The highest BCUT2D eigenvalue weighted by Gasteiger charge is 2.22. The van der Waals surface area contributed by atoms with Crippen molar-refractivity contribution < 1.29 is 22.4 Å². The van der Waals surface area contributed by atoms with Gasteiger partial charge in [-0.2, -0.15) is 0 Å². The van der Waals surface area contributed by atoms with Crippen LogP contribution in [-0.4, -0.2) is 32.0 Å². The second-order valence-corrected chi connectivity index (χ2v) is 9.56. The van der Waals surface area contributed by atoms with Crippen LogP contribution in [-0.2, 0) is 26.8 Å². The van der Waals surface area contributed by atoms with Gasteiger partial charge < -0.3 is 9.15 Å². The number of hydrogen-bond donors (Lipinski definition) is 0. The van der Waals surface area contributed by atoms with E-state index in [-0.39, 0.29) is 18.0 Å². The first-order chi connectivity index (χ1) is 14.1. The first kappa shape index (κ1) is 21.8. The van der Waals surface area contributed by atoms with Crippen molar-refractivity contribution in [3.05, 3.63) is 70.6 Å². The molecule has 0 saturated heterocycles. The Hall–Kier alpha value is -2.93. The number of hydrogen-bond acceptors (Lipinski definition) is 6. The fourth-order valence-electron chi connectivity index (χ4n) is 3.40. The first-order valence-electron chi connectivity index (χ1n) is 9.55. The number of sulfone groups is 1. The van der Waals surface area contributed by atoms with Crippen molar-refractivity contribution in [3.63, 3.8) is 0 Å². The zero-order valence-corrected chi connectivity index (χ0v) is 18.4. The minimum Gasteiger partial charge on any atom is -0.497 e. The Kier molecular flexibility index (Phi) is 6.41. The number of Topliss-reactive ketones (excluding diaryl/α,β-unsaturated/α-hetero) is 1. The lowest BCUT2D eigenvalue weighted by molar-refractivity contribution is -0.116. The lowest BCUT2D eigenvalue weighted by Crippen LogP contribution is -2.20. The van der Waals surface area contributed by atoms with Crippen LogP contribution in [0, 0.1) is 20.8 Å². The summed E-state index contributed by atoms with van der Waals surface area (Å²) >= 11 is 0. The SMILES string of the molecule is COc1cccc(-c2nc(CS(=O)(=O)CC(=O)Cc3cc(C)cc(C)c3)c(C)o2)c1. The van der Waals surface area contributed by atoms with Crippen molar-refractivity contribution in [1.29, 1.82) is 0 Å². The van der Waals surface area contributed by atoms with Crippen LogP contribution in [0.3, 0.4) is 0 Å². The second kappa shape index (κ2) is 8.83.